The van der Waals surface area contributed by atoms with Crippen LogP contribution in [0.1, 0.15) is 48.1 Å². The number of imidazole rings is 1. The van der Waals surface area contributed by atoms with Crippen LogP contribution in [0.5, 0.6) is 0 Å². The van der Waals surface area contributed by atoms with Crippen LogP contribution >= 0.6 is 0 Å². The number of carbonyl (C=O) groups is 1. The Balaban J connectivity index is 1.32. The number of nitrogens with one attached hydrogen (secondary N) is 2. The molecule has 5 rings (SSSR count). The molecule has 1 aliphatic carbocycles. The molecule has 164 valence electrons. The minimum absolute atomic E-state index is 0.0498. The Morgan fingerprint density at radius 1 is 1.22 bits per heavy atom. The number of rotatable bonds is 6. The molecule has 1 aliphatic rings. The van der Waals surface area contributed by atoms with Gasteiger partial charge < -0.3 is 19.6 Å². The maximum Gasteiger partial charge on any atom is 0.290 e. The second kappa shape index (κ2) is 8.54. The summed E-state index contributed by atoms with van der Waals surface area (Å²) in [7, 11) is 0. The Bertz CT molecular complexity index is 1270. The Kier molecular flexibility index (Phi) is 5.43. The van der Waals surface area contributed by atoms with Crippen LogP contribution < -0.4 is 5.32 Å². The SMILES string of the molecule is CCN(C(=O)c1nc2ccccc2[nH]1)[C@@H]1C=C(NCc2oc3ccccc3c2C)CCC1. The molecule has 32 heavy (non-hydrogen) atoms. The molecule has 0 aliphatic heterocycles. The van der Waals surface area contributed by atoms with E-state index in [9.17, 15) is 4.79 Å². The highest BCUT2D eigenvalue weighted by atomic mass is 16.3. The second-order valence-corrected chi connectivity index (χ2v) is 8.35. The molecule has 6 heteroatoms. The maximum absolute atomic E-state index is 13.2. The average molecular weight is 429 g/mol. The first kappa shape index (κ1) is 20.4. The van der Waals surface area contributed by atoms with Crippen molar-refractivity contribution in [1.29, 1.82) is 0 Å². The molecule has 2 aromatic heterocycles. The minimum atomic E-state index is -0.0562. The number of carbonyl (C=O) groups excluding carboxylic acids is 1. The first-order chi connectivity index (χ1) is 15.6. The van der Waals surface area contributed by atoms with Gasteiger partial charge in [0, 0.05) is 23.2 Å². The number of hydrogen-bond acceptors (Lipinski definition) is 4. The molecule has 0 saturated heterocycles. The number of allylic oxidation sites excluding steroid dienone is 1. The quantitative estimate of drug-likeness (QED) is 0.437. The summed E-state index contributed by atoms with van der Waals surface area (Å²) < 4.78 is 6.04. The van der Waals surface area contributed by atoms with E-state index in [4.69, 9.17) is 4.42 Å². The van der Waals surface area contributed by atoms with Crippen molar-refractivity contribution in [3.05, 3.63) is 77.5 Å². The van der Waals surface area contributed by atoms with Gasteiger partial charge in [0.1, 0.15) is 11.3 Å². The summed E-state index contributed by atoms with van der Waals surface area (Å²) in [6.45, 7) is 5.40. The Hall–Kier alpha value is -3.54. The van der Waals surface area contributed by atoms with Gasteiger partial charge >= 0.3 is 0 Å². The molecular weight excluding hydrogens is 400 g/mol. The van der Waals surface area contributed by atoms with E-state index in [-0.39, 0.29) is 11.9 Å². The van der Waals surface area contributed by atoms with Gasteiger partial charge in [0.15, 0.2) is 5.82 Å². The Labute approximate surface area is 187 Å². The van der Waals surface area contributed by atoms with Gasteiger partial charge in [-0.25, -0.2) is 4.98 Å². The van der Waals surface area contributed by atoms with Crippen molar-refractivity contribution in [2.24, 2.45) is 0 Å². The van der Waals surface area contributed by atoms with Gasteiger partial charge in [-0.15, -0.1) is 0 Å². The van der Waals surface area contributed by atoms with Gasteiger partial charge in [0.25, 0.3) is 5.91 Å². The van der Waals surface area contributed by atoms with Gasteiger partial charge in [0.05, 0.1) is 23.6 Å². The lowest BCUT2D eigenvalue weighted by Gasteiger charge is -2.31. The molecule has 2 aromatic carbocycles. The number of hydrogen-bond donors (Lipinski definition) is 2. The van der Waals surface area contributed by atoms with Gasteiger partial charge in [-0.2, -0.15) is 0 Å². The van der Waals surface area contributed by atoms with Gasteiger partial charge in [-0.1, -0.05) is 30.3 Å². The molecule has 4 aromatic rings. The van der Waals surface area contributed by atoms with Crippen molar-refractivity contribution in [3.8, 4) is 0 Å². The van der Waals surface area contributed by atoms with Crippen molar-refractivity contribution < 1.29 is 9.21 Å². The number of H-pyrrole nitrogens is 1. The number of amides is 1. The van der Waals surface area contributed by atoms with Crippen molar-refractivity contribution in [3.63, 3.8) is 0 Å². The fourth-order valence-electron chi connectivity index (χ4n) is 4.60. The predicted octanol–water partition coefficient (Wildman–Crippen LogP) is 5.31. The number of aromatic amines is 1. The van der Waals surface area contributed by atoms with Crippen molar-refractivity contribution in [2.75, 3.05) is 6.54 Å². The first-order valence-corrected chi connectivity index (χ1v) is 11.3. The Morgan fingerprint density at radius 3 is 2.84 bits per heavy atom. The summed E-state index contributed by atoms with van der Waals surface area (Å²) in [6.07, 6.45) is 5.17. The molecular formula is C26H28N4O2. The highest BCUT2D eigenvalue weighted by Gasteiger charge is 2.26. The van der Waals surface area contributed by atoms with Crippen LogP contribution in [-0.2, 0) is 6.54 Å². The molecule has 1 atom stereocenters. The van der Waals surface area contributed by atoms with E-state index < -0.39 is 0 Å². The normalized spacial score (nSPS) is 16.3. The molecule has 0 radical (unpaired) electrons. The van der Waals surface area contributed by atoms with Crippen molar-refractivity contribution in [1.82, 2.24) is 20.2 Å². The second-order valence-electron chi connectivity index (χ2n) is 8.35. The molecule has 0 bridgehead atoms. The zero-order valence-corrected chi connectivity index (χ0v) is 18.5. The standard InChI is InChI=1S/C26H28N4O2/c1-3-30(26(31)25-28-21-12-5-6-13-22(21)29-25)19-10-8-9-18(15-19)27-16-24-17(2)20-11-4-7-14-23(20)32-24/h4-7,11-15,19,27H,3,8-10,16H2,1-2H3,(H,28,29)/t19-/m0/s1. The third kappa shape index (κ3) is 3.77. The molecule has 0 unspecified atom stereocenters. The molecule has 2 heterocycles. The number of para-hydroxylation sites is 3. The lowest BCUT2D eigenvalue weighted by Crippen LogP contribution is -2.41. The topological polar surface area (TPSA) is 74.2 Å². The number of aromatic nitrogens is 2. The van der Waals surface area contributed by atoms with Gasteiger partial charge in [-0.05, 0) is 57.4 Å². The number of aryl methyl sites for hydroxylation is 1. The molecule has 2 N–H and O–H groups in total. The summed E-state index contributed by atoms with van der Waals surface area (Å²) in [5.74, 6) is 1.30. The lowest BCUT2D eigenvalue weighted by molar-refractivity contribution is 0.0700. The zero-order chi connectivity index (χ0) is 22.1. The van der Waals surface area contributed by atoms with E-state index in [1.807, 2.05) is 54.3 Å². The van der Waals surface area contributed by atoms with E-state index in [0.717, 1.165) is 52.7 Å². The highest BCUT2D eigenvalue weighted by molar-refractivity contribution is 5.94. The maximum atomic E-state index is 13.2. The van der Waals surface area contributed by atoms with E-state index in [2.05, 4.69) is 34.4 Å². The van der Waals surface area contributed by atoms with Gasteiger partial charge in [-0.3, -0.25) is 4.79 Å². The van der Waals surface area contributed by atoms with Crippen LogP contribution in [0.15, 0.2) is 64.7 Å². The number of nitrogens with zero attached hydrogens (tertiary/aromatic N) is 2. The van der Waals surface area contributed by atoms with Crippen LogP contribution in [0.2, 0.25) is 0 Å². The van der Waals surface area contributed by atoms with Gasteiger partial charge in [0.2, 0.25) is 0 Å². The smallest absolute Gasteiger partial charge is 0.290 e. The summed E-state index contributed by atoms with van der Waals surface area (Å²) in [5, 5.41) is 4.72. The van der Waals surface area contributed by atoms with E-state index >= 15 is 0 Å². The zero-order valence-electron chi connectivity index (χ0n) is 18.5. The van der Waals surface area contributed by atoms with E-state index in [1.165, 1.54) is 5.56 Å². The Morgan fingerprint density at radius 2 is 2.03 bits per heavy atom. The highest BCUT2D eigenvalue weighted by Crippen LogP contribution is 2.26. The summed E-state index contributed by atoms with van der Waals surface area (Å²) in [4.78, 5) is 22.8. The lowest BCUT2D eigenvalue weighted by atomic mass is 9.98. The van der Waals surface area contributed by atoms with Crippen LogP contribution in [0.3, 0.4) is 0 Å². The molecule has 0 fully saturated rings. The number of benzene rings is 2. The van der Waals surface area contributed by atoms with Crippen LogP contribution in [-0.4, -0.2) is 33.4 Å². The average Bonchev–Trinajstić information content (AvgIpc) is 3.40. The number of likely N-dealkylation sites (N-methyl/N-ethyl adjacent to an activating group) is 1. The summed E-state index contributed by atoms with van der Waals surface area (Å²) >= 11 is 0. The largest absolute Gasteiger partial charge is 0.459 e. The molecule has 0 saturated carbocycles. The number of fused-ring (bicyclic) bond motifs is 2. The molecule has 6 nitrogen and oxygen atoms in total. The monoisotopic (exact) mass is 428 g/mol. The third-order valence-electron chi connectivity index (χ3n) is 6.35. The fraction of sp³-hybridized carbons (Fsp3) is 0.308. The van der Waals surface area contributed by atoms with Crippen LogP contribution in [0.4, 0.5) is 0 Å². The van der Waals surface area contributed by atoms with Crippen molar-refractivity contribution >= 4 is 27.9 Å². The summed E-state index contributed by atoms with van der Waals surface area (Å²) in [5.41, 5.74) is 4.96. The van der Waals surface area contributed by atoms with Crippen molar-refractivity contribution in [2.45, 2.75) is 45.7 Å². The van der Waals surface area contributed by atoms with E-state index in [1.54, 1.807) is 0 Å². The predicted molar refractivity (Wildman–Crippen MR) is 126 cm³/mol. The minimum Gasteiger partial charge on any atom is -0.459 e. The number of furan rings is 1. The van der Waals surface area contributed by atoms with Crippen LogP contribution in [0, 0.1) is 6.92 Å². The third-order valence-corrected chi connectivity index (χ3v) is 6.35. The molecule has 1 amide bonds. The van der Waals surface area contributed by atoms with Crippen LogP contribution in [0.25, 0.3) is 22.0 Å². The summed E-state index contributed by atoms with van der Waals surface area (Å²) in [6, 6.07) is 15.9. The fourth-order valence-corrected chi connectivity index (χ4v) is 4.60. The van der Waals surface area contributed by atoms with E-state index in [0.29, 0.717) is 18.9 Å². The molecule has 0 spiro atoms. The first-order valence-electron chi connectivity index (χ1n) is 11.3.